The molecule has 2 aliphatic heterocycles. The van der Waals surface area contributed by atoms with Crippen molar-refractivity contribution in [3.05, 3.63) is 69.7 Å². The number of benzene rings is 2. The first kappa shape index (κ1) is 21.1. The fourth-order valence-electron chi connectivity index (χ4n) is 4.43. The zero-order valence-corrected chi connectivity index (χ0v) is 19.0. The van der Waals surface area contributed by atoms with Gasteiger partial charge in [0.1, 0.15) is 6.04 Å². The van der Waals surface area contributed by atoms with Gasteiger partial charge in [-0.15, -0.1) is 0 Å². The molecule has 2 heterocycles. The van der Waals surface area contributed by atoms with Crippen LogP contribution in [0.25, 0.3) is 0 Å². The molecule has 0 aromatic heterocycles. The number of carbonyl (C=O) groups is 2. The summed E-state index contributed by atoms with van der Waals surface area (Å²) in [6.07, 6.45) is 1.64. The molecule has 0 aliphatic carbocycles. The highest BCUT2D eigenvalue weighted by Gasteiger charge is 2.37. The van der Waals surface area contributed by atoms with Crippen LogP contribution >= 0.6 is 15.9 Å². The summed E-state index contributed by atoms with van der Waals surface area (Å²) in [5.41, 5.74) is 3.23. The average Bonchev–Trinajstić information content (AvgIpc) is 3.24. The molecule has 0 spiro atoms. The number of hydrogen-bond acceptors (Lipinski definition) is 3. The molecule has 1 unspecified atom stereocenters. The summed E-state index contributed by atoms with van der Waals surface area (Å²) in [4.78, 5) is 32.3. The van der Waals surface area contributed by atoms with E-state index in [1.165, 1.54) is 11.1 Å². The second kappa shape index (κ2) is 9.31. The Morgan fingerprint density at radius 2 is 1.73 bits per heavy atom. The molecule has 0 saturated carbocycles. The Hall–Kier alpha value is -2.18. The molecule has 2 aliphatic rings. The van der Waals surface area contributed by atoms with Gasteiger partial charge in [-0.2, -0.15) is 0 Å². The lowest BCUT2D eigenvalue weighted by molar-refractivity contribution is -0.137. The molecule has 2 fully saturated rings. The zero-order chi connectivity index (χ0) is 21.1. The smallest absolute Gasteiger partial charge is 0.254 e. The van der Waals surface area contributed by atoms with Gasteiger partial charge in [0.25, 0.3) is 5.91 Å². The van der Waals surface area contributed by atoms with Crippen molar-refractivity contribution in [1.29, 1.82) is 0 Å². The quantitative estimate of drug-likeness (QED) is 0.685. The van der Waals surface area contributed by atoms with Gasteiger partial charge in [0.15, 0.2) is 0 Å². The molecule has 0 radical (unpaired) electrons. The van der Waals surface area contributed by atoms with Gasteiger partial charge >= 0.3 is 0 Å². The van der Waals surface area contributed by atoms with Crippen LogP contribution in [0.4, 0.5) is 0 Å². The normalized spacial score (nSPS) is 19.9. The minimum absolute atomic E-state index is 0.0450. The predicted octanol–water partition coefficient (Wildman–Crippen LogP) is 3.71. The monoisotopic (exact) mass is 469 g/mol. The summed E-state index contributed by atoms with van der Waals surface area (Å²) in [6, 6.07) is 15.6. The maximum absolute atomic E-state index is 13.2. The van der Waals surface area contributed by atoms with Crippen LogP contribution < -0.4 is 0 Å². The van der Waals surface area contributed by atoms with Gasteiger partial charge in [-0.25, -0.2) is 0 Å². The van der Waals surface area contributed by atoms with Crippen molar-refractivity contribution in [2.45, 2.75) is 32.4 Å². The zero-order valence-electron chi connectivity index (χ0n) is 17.4. The molecule has 2 aromatic rings. The number of piperazine rings is 1. The van der Waals surface area contributed by atoms with E-state index in [2.05, 4.69) is 52.0 Å². The highest BCUT2D eigenvalue weighted by molar-refractivity contribution is 9.10. The number of halogens is 1. The number of likely N-dealkylation sites (tertiary alicyclic amines) is 1. The van der Waals surface area contributed by atoms with Crippen LogP contribution in [0.15, 0.2) is 53.0 Å². The molecule has 158 valence electrons. The lowest BCUT2D eigenvalue weighted by atomic mass is 10.1. The van der Waals surface area contributed by atoms with Crippen molar-refractivity contribution in [1.82, 2.24) is 14.7 Å². The molecular formula is C24H28BrN3O2. The summed E-state index contributed by atoms with van der Waals surface area (Å²) in [5.74, 6) is 0.0598. The Labute approximate surface area is 186 Å². The molecule has 4 rings (SSSR count). The van der Waals surface area contributed by atoms with E-state index in [0.29, 0.717) is 12.1 Å². The molecule has 2 amide bonds. The van der Waals surface area contributed by atoms with Gasteiger partial charge in [-0.3, -0.25) is 14.5 Å². The van der Waals surface area contributed by atoms with Gasteiger partial charge in [-0.1, -0.05) is 45.8 Å². The summed E-state index contributed by atoms with van der Waals surface area (Å²) < 4.78 is 0.941. The van der Waals surface area contributed by atoms with Gasteiger partial charge < -0.3 is 9.80 Å². The third kappa shape index (κ3) is 4.76. The van der Waals surface area contributed by atoms with E-state index >= 15 is 0 Å². The Morgan fingerprint density at radius 3 is 2.43 bits per heavy atom. The number of carbonyl (C=O) groups excluding carboxylic acids is 2. The lowest BCUT2D eigenvalue weighted by Gasteiger charge is -2.37. The van der Waals surface area contributed by atoms with Crippen molar-refractivity contribution in [2.75, 3.05) is 32.7 Å². The van der Waals surface area contributed by atoms with Crippen LogP contribution in [0.3, 0.4) is 0 Å². The Balaban J connectivity index is 1.35. The van der Waals surface area contributed by atoms with Crippen molar-refractivity contribution in [3.63, 3.8) is 0 Å². The summed E-state index contributed by atoms with van der Waals surface area (Å²) in [5, 5.41) is 0. The fraction of sp³-hybridized carbons (Fsp3) is 0.417. The number of aryl methyl sites for hydroxylation is 1. The topological polar surface area (TPSA) is 43.9 Å². The molecule has 30 heavy (non-hydrogen) atoms. The van der Waals surface area contributed by atoms with E-state index < -0.39 is 0 Å². The standard InChI is InChI=1S/C24H28BrN3O2/c1-18-4-2-5-19(16-18)17-26-12-14-27(15-13-26)24(30)22-6-3-11-28(22)23(29)20-7-9-21(25)10-8-20/h2,4-5,7-10,16,22H,3,6,11-15,17H2,1H3. The number of nitrogens with zero attached hydrogens (tertiary/aromatic N) is 3. The van der Waals surface area contributed by atoms with Crippen molar-refractivity contribution in [3.8, 4) is 0 Å². The molecule has 5 nitrogen and oxygen atoms in total. The van der Waals surface area contributed by atoms with Gasteiger partial charge in [0.05, 0.1) is 0 Å². The Kier molecular flexibility index (Phi) is 6.54. The number of amides is 2. The van der Waals surface area contributed by atoms with Crippen molar-refractivity contribution >= 4 is 27.7 Å². The summed E-state index contributed by atoms with van der Waals surface area (Å²) >= 11 is 3.40. The van der Waals surface area contributed by atoms with Crippen LogP contribution in [0.1, 0.15) is 34.3 Å². The maximum Gasteiger partial charge on any atom is 0.254 e. The summed E-state index contributed by atoms with van der Waals surface area (Å²) in [6.45, 7) is 6.87. The molecule has 2 aromatic carbocycles. The second-order valence-electron chi connectivity index (χ2n) is 8.25. The summed E-state index contributed by atoms with van der Waals surface area (Å²) in [7, 11) is 0. The van der Waals surface area contributed by atoms with Crippen LogP contribution in [0.2, 0.25) is 0 Å². The Bertz CT molecular complexity index is 907. The fourth-order valence-corrected chi connectivity index (χ4v) is 4.69. The predicted molar refractivity (Wildman–Crippen MR) is 121 cm³/mol. The minimum atomic E-state index is -0.329. The van der Waals surface area contributed by atoms with Crippen molar-refractivity contribution in [2.24, 2.45) is 0 Å². The number of hydrogen-bond donors (Lipinski definition) is 0. The van der Waals surface area contributed by atoms with E-state index in [1.54, 1.807) is 4.90 Å². The van der Waals surface area contributed by atoms with Crippen LogP contribution in [-0.2, 0) is 11.3 Å². The number of rotatable bonds is 4. The third-order valence-electron chi connectivity index (χ3n) is 6.06. The van der Waals surface area contributed by atoms with Crippen LogP contribution in [-0.4, -0.2) is 65.3 Å². The van der Waals surface area contributed by atoms with Crippen molar-refractivity contribution < 1.29 is 9.59 Å². The van der Waals surface area contributed by atoms with E-state index in [1.807, 2.05) is 29.2 Å². The molecule has 6 heteroatoms. The lowest BCUT2D eigenvalue weighted by Crippen LogP contribution is -2.54. The first-order valence-electron chi connectivity index (χ1n) is 10.6. The Morgan fingerprint density at radius 1 is 1.00 bits per heavy atom. The highest BCUT2D eigenvalue weighted by Crippen LogP contribution is 2.23. The van der Waals surface area contributed by atoms with E-state index in [-0.39, 0.29) is 17.9 Å². The molecule has 2 saturated heterocycles. The SMILES string of the molecule is Cc1cccc(CN2CCN(C(=O)C3CCCN3C(=O)c3ccc(Br)cc3)CC2)c1. The van der Waals surface area contributed by atoms with E-state index in [4.69, 9.17) is 0 Å². The third-order valence-corrected chi connectivity index (χ3v) is 6.59. The molecule has 0 N–H and O–H groups in total. The largest absolute Gasteiger partial charge is 0.338 e. The molecule has 0 bridgehead atoms. The van der Waals surface area contributed by atoms with Gasteiger partial charge in [0, 0.05) is 49.3 Å². The second-order valence-corrected chi connectivity index (χ2v) is 9.17. The van der Waals surface area contributed by atoms with Gasteiger partial charge in [0.2, 0.25) is 5.91 Å². The maximum atomic E-state index is 13.2. The minimum Gasteiger partial charge on any atom is -0.338 e. The average molecular weight is 470 g/mol. The van der Waals surface area contributed by atoms with E-state index in [9.17, 15) is 9.59 Å². The first-order chi connectivity index (χ1) is 14.5. The van der Waals surface area contributed by atoms with Crippen LogP contribution in [0, 0.1) is 6.92 Å². The highest BCUT2D eigenvalue weighted by atomic mass is 79.9. The van der Waals surface area contributed by atoms with Crippen LogP contribution in [0.5, 0.6) is 0 Å². The molecular weight excluding hydrogens is 442 g/mol. The van der Waals surface area contributed by atoms with E-state index in [0.717, 1.165) is 50.0 Å². The first-order valence-corrected chi connectivity index (χ1v) is 11.4. The molecule has 1 atom stereocenters. The van der Waals surface area contributed by atoms with Gasteiger partial charge in [-0.05, 0) is 49.6 Å².